The van der Waals surface area contributed by atoms with E-state index in [4.69, 9.17) is 9.47 Å². The highest BCUT2D eigenvalue weighted by atomic mass is 35.5. The van der Waals surface area contributed by atoms with Gasteiger partial charge in [-0.25, -0.2) is 0 Å². The van der Waals surface area contributed by atoms with Crippen LogP contribution in [-0.2, 0) is 0 Å². The van der Waals surface area contributed by atoms with Crippen LogP contribution in [0.15, 0.2) is 18.2 Å². The summed E-state index contributed by atoms with van der Waals surface area (Å²) in [6.45, 7) is 7.35. The molecule has 1 atom stereocenters. The number of benzene rings is 1. The highest BCUT2D eigenvalue weighted by Crippen LogP contribution is 2.28. The van der Waals surface area contributed by atoms with E-state index in [1.54, 1.807) is 25.3 Å². The molecular weight excluding hydrogens is 304 g/mol. The van der Waals surface area contributed by atoms with Crippen molar-refractivity contribution in [2.75, 3.05) is 27.3 Å². The number of amides is 1. The summed E-state index contributed by atoms with van der Waals surface area (Å²) < 4.78 is 11.0. The van der Waals surface area contributed by atoms with Crippen LogP contribution in [0.2, 0.25) is 0 Å². The predicted molar refractivity (Wildman–Crippen MR) is 91.4 cm³/mol. The van der Waals surface area contributed by atoms with Crippen LogP contribution in [0.1, 0.15) is 31.1 Å². The van der Waals surface area contributed by atoms with Crippen molar-refractivity contribution in [3.05, 3.63) is 23.8 Å². The van der Waals surface area contributed by atoms with Crippen LogP contribution in [0, 0.1) is 5.92 Å². The summed E-state index contributed by atoms with van der Waals surface area (Å²) >= 11 is 0. The molecule has 0 saturated heterocycles. The van der Waals surface area contributed by atoms with Crippen molar-refractivity contribution in [3.8, 4) is 11.5 Å². The zero-order valence-corrected chi connectivity index (χ0v) is 14.8. The van der Waals surface area contributed by atoms with Gasteiger partial charge in [-0.2, -0.15) is 0 Å². The second kappa shape index (κ2) is 10.3. The van der Waals surface area contributed by atoms with Gasteiger partial charge in [-0.15, -0.1) is 12.4 Å². The number of methoxy groups -OCH3 is 1. The molecule has 126 valence electrons. The molecule has 0 heterocycles. The Balaban J connectivity index is 0.00000441. The van der Waals surface area contributed by atoms with Gasteiger partial charge < -0.3 is 20.1 Å². The standard InChI is InChI=1S/C16H26N2O3.ClH/c1-11(2)10-21-14-7-6-13(8-15(14)20-5)16(19)18-9-12(3)17-4;/h6-8,11-12,17H,9-10H2,1-5H3,(H,18,19);1H. The lowest BCUT2D eigenvalue weighted by molar-refractivity contribution is 0.0950. The quantitative estimate of drug-likeness (QED) is 0.769. The zero-order valence-electron chi connectivity index (χ0n) is 13.9. The van der Waals surface area contributed by atoms with Gasteiger partial charge >= 0.3 is 0 Å². The minimum atomic E-state index is -0.120. The summed E-state index contributed by atoms with van der Waals surface area (Å²) in [5.74, 6) is 1.54. The summed E-state index contributed by atoms with van der Waals surface area (Å²) in [4.78, 5) is 12.1. The molecule has 0 spiro atoms. The van der Waals surface area contributed by atoms with Crippen LogP contribution in [0.25, 0.3) is 0 Å². The third-order valence-electron chi connectivity index (χ3n) is 3.06. The van der Waals surface area contributed by atoms with Crippen molar-refractivity contribution in [3.63, 3.8) is 0 Å². The maximum Gasteiger partial charge on any atom is 0.251 e. The summed E-state index contributed by atoms with van der Waals surface area (Å²) in [6.07, 6.45) is 0. The fraction of sp³-hybridized carbons (Fsp3) is 0.562. The molecule has 0 saturated carbocycles. The molecule has 1 aromatic rings. The van der Waals surface area contributed by atoms with Gasteiger partial charge in [0.15, 0.2) is 11.5 Å². The van der Waals surface area contributed by atoms with Crippen LogP contribution in [0.3, 0.4) is 0 Å². The van der Waals surface area contributed by atoms with Gasteiger partial charge in [0.25, 0.3) is 5.91 Å². The van der Waals surface area contributed by atoms with Crippen molar-refractivity contribution >= 4 is 18.3 Å². The number of hydrogen-bond donors (Lipinski definition) is 2. The molecule has 0 aliphatic rings. The van der Waals surface area contributed by atoms with Gasteiger partial charge in [0.1, 0.15) is 0 Å². The number of carbonyl (C=O) groups is 1. The van der Waals surface area contributed by atoms with Gasteiger partial charge in [-0.1, -0.05) is 13.8 Å². The topological polar surface area (TPSA) is 59.6 Å². The zero-order chi connectivity index (χ0) is 15.8. The molecule has 0 radical (unpaired) electrons. The summed E-state index contributed by atoms with van der Waals surface area (Å²) in [5, 5.41) is 5.94. The third-order valence-corrected chi connectivity index (χ3v) is 3.06. The van der Waals surface area contributed by atoms with Crippen molar-refractivity contribution in [1.29, 1.82) is 0 Å². The molecule has 2 N–H and O–H groups in total. The van der Waals surface area contributed by atoms with Gasteiger partial charge in [0.2, 0.25) is 0 Å². The third kappa shape index (κ3) is 6.54. The Kier molecular flexibility index (Phi) is 9.61. The SMILES string of the molecule is CNC(C)CNC(=O)c1ccc(OCC(C)C)c(OC)c1.Cl. The Morgan fingerprint density at radius 1 is 1.23 bits per heavy atom. The molecule has 1 unspecified atom stereocenters. The lowest BCUT2D eigenvalue weighted by Gasteiger charge is -2.14. The predicted octanol–water partition coefficient (Wildman–Crippen LogP) is 2.49. The number of halogens is 1. The maximum atomic E-state index is 12.1. The summed E-state index contributed by atoms with van der Waals surface area (Å²) in [5.41, 5.74) is 0.562. The van der Waals surface area contributed by atoms with E-state index in [2.05, 4.69) is 24.5 Å². The van der Waals surface area contributed by atoms with Crippen molar-refractivity contribution < 1.29 is 14.3 Å². The van der Waals surface area contributed by atoms with E-state index in [1.807, 2.05) is 14.0 Å². The second-order valence-electron chi connectivity index (χ2n) is 5.47. The number of carbonyl (C=O) groups excluding carboxylic acids is 1. The number of ether oxygens (including phenoxy) is 2. The van der Waals surface area contributed by atoms with Crippen molar-refractivity contribution in [1.82, 2.24) is 10.6 Å². The molecule has 1 aromatic carbocycles. The van der Waals surface area contributed by atoms with Crippen LogP contribution < -0.4 is 20.1 Å². The normalized spacial score (nSPS) is 11.5. The first-order valence-electron chi connectivity index (χ1n) is 7.24. The first-order chi connectivity index (χ1) is 9.97. The molecule has 5 nitrogen and oxygen atoms in total. The Hall–Kier alpha value is -1.46. The molecule has 1 amide bonds. The average molecular weight is 331 g/mol. The van der Waals surface area contributed by atoms with E-state index in [9.17, 15) is 4.79 Å². The van der Waals surface area contributed by atoms with E-state index in [0.29, 0.717) is 36.1 Å². The Bertz CT molecular complexity index is 467. The van der Waals surface area contributed by atoms with Crippen LogP contribution in [0.5, 0.6) is 11.5 Å². The second-order valence-corrected chi connectivity index (χ2v) is 5.47. The Morgan fingerprint density at radius 3 is 2.45 bits per heavy atom. The van der Waals surface area contributed by atoms with Gasteiger partial charge in [-0.3, -0.25) is 4.79 Å². The monoisotopic (exact) mass is 330 g/mol. The van der Waals surface area contributed by atoms with Gasteiger partial charge in [0.05, 0.1) is 13.7 Å². The number of nitrogens with one attached hydrogen (secondary N) is 2. The molecule has 0 aromatic heterocycles. The first kappa shape index (κ1) is 20.5. The summed E-state index contributed by atoms with van der Waals surface area (Å²) in [7, 11) is 3.43. The number of likely N-dealkylation sites (N-methyl/N-ethyl adjacent to an activating group) is 1. The van der Waals surface area contributed by atoms with Crippen molar-refractivity contribution in [2.45, 2.75) is 26.8 Å². The molecule has 1 rings (SSSR count). The minimum Gasteiger partial charge on any atom is -0.493 e. The molecule has 0 fully saturated rings. The van der Waals surface area contributed by atoms with Gasteiger partial charge in [-0.05, 0) is 38.1 Å². The Labute approximate surface area is 139 Å². The van der Waals surface area contributed by atoms with Crippen molar-refractivity contribution in [2.24, 2.45) is 5.92 Å². The number of rotatable bonds is 8. The fourth-order valence-corrected chi connectivity index (χ4v) is 1.63. The highest BCUT2D eigenvalue weighted by Gasteiger charge is 2.12. The van der Waals surface area contributed by atoms with E-state index in [-0.39, 0.29) is 24.4 Å². The van der Waals surface area contributed by atoms with E-state index >= 15 is 0 Å². The molecular formula is C16H27ClN2O3. The largest absolute Gasteiger partial charge is 0.493 e. The van der Waals surface area contributed by atoms with Gasteiger partial charge in [0, 0.05) is 18.2 Å². The highest BCUT2D eigenvalue weighted by molar-refractivity contribution is 5.94. The minimum absolute atomic E-state index is 0. The lowest BCUT2D eigenvalue weighted by Crippen LogP contribution is -2.37. The van der Waals surface area contributed by atoms with Crippen LogP contribution in [0.4, 0.5) is 0 Å². The lowest BCUT2D eigenvalue weighted by atomic mass is 10.1. The average Bonchev–Trinajstić information content (AvgIpc) is 2.49. The smallest absolute Gasteiger partial charge is 0.251 e. The molecule has 6 heteroatoms. The van der Waals surface area contributed by atoms with Crippen LogP contribution in [-0.4, -0.2) is 39.3 Å². The van der Waals surface area contributed by atoms with E-state index < -0.39 is 0 Å². The van der Waals surface area contributed by atoms with Crippen LogP contribution >= 0.6 is 12.4 Å². The van der Waals surface area contributed by atoms with E-state index in [0.717, 1.165) is 0 Å². The molecule has 0 bridgehead atoms. The van der Waals surface area contributed by atoms with E-state index in [1.165, 1.54) is 0 Å². The first-order valence-corrected chi connectivity index (χ1v) is 7.24. The summed E-state index contributed by atoms with van der Waals surface area (Å²) in [6, 6.07) is 5.45. The fourth-order valence-electron chi connectivity index (χ4n) is 1.63. The molecule has 0 aliphatic heterocycles. The Morgan fingerprint density at radius 2 is 1.91 bits per heavy atom. The molecule has 22 heavy (non-hydrogen) atoms. The number of hydrogen-bond acceptors (Lipinski definition) is 4. The maximum absolute atomic E-state index is 12.1. The molecule has 0 aliphatic carbocycles.